The molecular formula is C62H106O8Si3. The number of ether oxygens (including phenoxy) is 3. The Kier molecular flexibility index (Phi) is 19.7. The third-order valence-corrected chi connectivity index (χ3v) is 32.8. The van der Waals surface area contributed by atoms with E-state index in [0.29, 0.717) is 17.9 Å². The van der Waals surface area contributed by atoms with E-state index in [1.807, 2.05) is 19.9 Å². The molecule has 11 heteroatoms. The van der Waals surface area contributed by atoms with Crippen LogP contribution < -0.4 is 8.85 Å². The average molecular weight is 1060 g/mol. The second kappa shape index (κ2) is 22.8. The Morgan fingerprint density at radius 1 is 0.781 bits per heavy atom. The molecule has 73 heavy (non-hydrogen) atoms. The van der Waals surface area contributed by atoms with Crippen LogP contribution in [0.2, 0.25) is 54.4 Å². The molecule has 0 spiro atoms. The van der Waals surface area contributed by atoms with Crippen LogP contribution in [-0.2, 0) is 29.9 Å². The predicted octanol–water partition coefficient (Wildman–Crippen LogP) is 17.1. The minimum Gasteiger partial charge on any atom is -0.543 e. The van der Waals surface area contributed by atoms with E-state index in [9.17, 15) is 9.59 Å². The van der Waals surface area contributed by atoms with E-state index in [1.54, 1.807) is 24.3 Å². The fraction of sp³-hybridized carbons (Fsp3) is 0.742. The first-order valence-corrected chi connectivity index (χ1v) is 36.7. The summed E-state index contributed by atoms with van der Waals surface area (Å²) in [5, 5.41) is 0.0613. The van der Waals surface area contributed by atoms with E-state index >= 15 is 0 Å². The van der Waals surface area contributed by atoms with E-state index in [1.165, 1.54) is 16.7 Å². The summed E-state index contributed by atoms with van der Waals surface area (Å²) >= 11 is 0. The SMILES string of the molecule is C=C1C[C@](C)([C@H](OC(=O)c2ccccc2)C(=O)C[C@@H](C)[C@@H]2C[C@@H](C)C(C)(C)[C@@H](C[C@H](C)[C@@H](C)[C@@H](Cc3c(C)c(O[Si](C)(C)C(C)(C)C)cc(O[Si](C)(C)C(C)(C)C)c3C)O[Si](C)(C)C(C)(C)C)O2)O[C@H](C)[C@@H]1C. The van der Waals surface area contributed by atoms with Crippen molar-refractivity contribution >= 4 is 36.7 Å². The summed E-state index contributed by atoms with van der Waals surface area (Å²) in [7, 11) is -6.72. The van der Waals surface area contributed by atoms with Gasteiger partial charge in [0, 0.05) is 24.8 Å². The predicted molar refractivity (Wildman–Crippen MR) is 313 cm³/mol. The molecule has 2 aromatic carbocycles. The lowest BCUT2D eigenvalue weighted by atomic mass is 9.66. The van der Waals surface area contributed by atoms with Gasteiger partial charge in [-0.05, 0) is 159 Å². The number of Topliss-reactive ketones (excluding diaryl/α,β-unsaturated/α-hetero) is 1. The molecule has 2 aliphatic rings. The van der Waals surface area contributed by atoms with Gasteiger partial charge in [0.05, 0.1) is 30.0 Å². The van der Waals surface area contributed by atoms with Gasteiger partial charge >= 0.3 is 5.97 Å². The van der Waals surface area contributed by atoms with Gasteiger partial charge in [-0.3, -0.25) is 4.79 Å². The number of benzene rings is 2. The van der Waals surface area contributed by atoms with Crippen LogP contribution in [0.4, 0.5) is 0 Å². The molecule has 0 saturated carbocycles. The van der Waals surface area contributed by atoms with Gasteiger partial charge in [-0.1, -0.05) is 141 Å². The second-order valence-corrected chi connectivity index (χ2v) is 42.9. The summed E-state index contributed by atoms with van der Waals surface area (Å²) in [4.78, 5) is 28.5. The normalized spacial score (nSPS) is 25.6. The molecule has 0 aliphatic carbocycles. The molecule has 11 atom stereocenters. The Morgan fingerprint density at radius 2 is 1.27 bits per heavy atom. The van der Waals surface area contributed by atoms with Crippen LogP contribution >= 0.6 is 0 Å². The summed E-state index contributed by atoms with van der Waals surface area (Å²) in [6.07, 6.45) is 1.45. The van der Waals surface area contributed by atoms with Crippen LogP contribution in [0.3, 0.4) is 0 Å². The van der Waals surface area contributed by atoms with Crippen molar-refractivity contribution in [3.05, 3.63) is 70.8 Å². The third kappa shape index (κ3) is 14.5. The molecule has 0 unspecified atom stereocenters. The highest BCUT2D eigenvalue weighted by Crippen LogP contribution is 2.49. The topological polar surface area (TPSA) is 89.5 Å². The minimum atomic E-state index is -2.28. The maximum absolute atomic E-state index is 14.8. The lowest BCUT2D eigenvalue weighted by Crippen LogP contribution is -2.55. The molecule has 0 radical (unpaired) electrons. The van der Waals surface area contributed by atoms with Crippen LogP contribution in [0.1, 0.15) is 177 Å². The molecular weight excluding hydrogens is 957 g/mol. The van der Waals surface area contributed by atoms with E-state index in [0.717, 1.165) is 36.3 Å². The third-order valence-electron chi connectivity index (χ3n) is 19.6. The largest absolute Gasteiger partial charge is 0.543 e. The molecule has 2 fully saturated rings. The zero-order valence-electron chi connectivity index (χ0n) is 51.2. The van der Waals surface area contributed by atoms with Crippen molar-refractivity contribution in [1.29, 1.82) is 0 Å². The van der Waals surface area contributed by atoms with Crippen molar-refractivity contribution in [2.75, 3.05) is 0 Å². The zero-order chi connectivity index (χ0) is 56.0. The number of rotatable bonds is 19. The van der Waals surface area contributed by atoms with E-state index in [2.05, 4.69) is 177 Å². The van der Waals surface area contributed by atoms with Gasteiger partial charge < -0.3 is 27.5 Å². The molecule has 414 valence electrons. The molecule has 8 nitrogen and oxygen atoms in total. The number of hydrogen-bond donors (Lipinski definition) is 0. The molecule has 2 aromatic rings. The zero-order valence-corrected chi connectivity index (χ0v) is 54.2. The summed E-state index contributed by atoms with van der Waals surface area (Å²) in [5.74, 6) is 1.93. The number of esters is 1. The highest BCUT2D eigenvalue weighted by molar-refractivity contribution is 6.75. The Morgan fingerprint density at radius 3 is 1.74 bits per heavy atom. The van der Waals surface area contributed by atoms with Gasteiger partial charge in [-0.15, -0.1) is 0 Å². The summed E-state index contributed by atoms with van der Waals surface area (Å²) in [6, 6.07) is 11.1. The number of hydrogen-bond acceptors (Lipinski definition) is 8. The van der Waals surface area contributed by atoms with Gasteiger partial charge in [-0.2, -0.15) is 0 Å². The number of ketones is 1. The van der Waals surface area contributed by atoms with Gasteiger partial charge in [0.1, 0.15) is 17.1 Å². The van der Waals surface area contributed by atoms with Crippen LogP contribution in [0.15, 0.2) is 48.6 Å². The first kappa shape index (κ1) is 63.0. The van der Waals surface area contributed by atoms with Crippen molar-refractivity contribution < 1.29 is 37.1 Å². The number of carbonyl (C=O) groups is 2. The van der Waals surface area contributed by atoms with Crippen LogP contribution in [0.5, 0.6) is 11.5 Å². The maximum Gasteiger partial charge on any atom is 0.338 e. The first-order valence-electron chi connectivity index (χ1n) is 28.0. The van der Waals surface area contributed by atoms with Gasteiger partial charge in [0.2, 0.25) is 16.6 Å². The fourth-order valence-corrected chi connectivity index (χ4v) is 13.5. The Bertz CT molecular complexity index is 2180. The van der Waals surface area contributed by atoms with Crippen LogP contribution in [0, 0.1) is 48.9 Å². The summed E-state index contributed by atoms with van der Waals surface area (Å²) in [6.45, 7) is 63.8. The highest BCUT2D eigenvalue weighted by atomic mass is 28.4. The molecule has 0 bridgehead atoms. The van der Waals surface area contributed by atoms with Crippen molar-refractivity contribution in [1.82, 2.24) is 0 Å². The monoisotopic (exact) mass is 1060 g/mol. The van der Waals surface area contributed by atoms with Gasteiger partial charge in [0.15, 0.2) is 20.2 Å². The van der Waals surface area contributed by atoms with Crippen molar-refractivity contribution in [3.8, 4) is 11.5 Å². The molecule has 2 saturated heterocycles. The molecule has 0 aromatic heterocycles. The van der Waals surface area contributed by atoms with Crippen LogP contribution in [-0.4, -0.2) is 72.8 Å². The van der Waals surface area contributed by atoms with Crippen molar-refractivity contribution in [2.45, 2.75) is 261 Å². The lowest BCUT2D eigenvalue weighted by Gasteiger charge is -2.50. The molecule has 2 aliphatic heterocycles. The van der Waals surface area contributed by atoms with Crippen molar-refractivity contribution in [3.63, 3.8) is 0 Å². The van der Waals surface area contributed by atoms with Crippen molar-refractivity contribution in [2.24, 2.45) is 35.0 Å². The highest BCUT2D eigenvalue weighted by Gasteiger charge is 2.51. The number of carbonyl (C=O) groups excluding carboxylic acids is 2. The van der Waals surface area contributed by atoms with E-state index in [-0.39, 0.29) is 80.8 Å². The van der Waals surface area contributed by atoms with Crippen LogP contribution in [0.25, 0.3) is 0 Å². The summed E-state index contributed by atoms with van der Waals surface area (Å²) in [5.41, 5.74) is 3.85. The average Bonchev–Trinajstić information content (AvgIpc) is 3.24. The molecule has 2 heterocycles. The second-order valence-electron chi connectivity index (χ2n) is 28.7. The van der Waals surface area contributed by atoms with Gasteiger partial charge in [0.25, 0.3) is 0 Å². The summed E-state index contributed by atoms with van der Waals surface area (Å²) < 4.78 is 42.3. The fourth-order valence-electron chi connectivity index (χ4n) is 9.94. The first-order chi connectivity index (χ1) is 33.0. The van der Waals surface area contributed by atoms with E-state index < -0.39 is 42.6 Å². The molecule has 0 N–H and O–H groups in total. The minimum absolute atomic E-state index is 0.0109. The Labute approximate surface area is 450 Å². The molecule has 4 rings (SSSR count). The lowest BCUT2D eigenvalue weighted by molar-refractivity contribution is -0.183. The Balaban J connectivity index is 1.71. The smallest absolute Gasteiger partial charge is 0.338 e. The maximum atomic E-state index is 14.8. The Hall–Kier alpha value is -2.55. The standard InChI is InChI=1S/C62H106O8Si3/c1-39(44(6)52(68-71(22,23)58(10,11)12)36-49-45(7)53(69-72(24,25)59(13,14)15)37-54(46(49)8)70-73(26,27)60(16,17)18)34-55-61(19,20)42(4)35-51(65-55)40(2)33-50(63)56(66-57(64)48-31-29-28-30-32-48)62(21)38-41(3)43(5)47(9)67-62/h28-32,37,39-40,42-44,47,51-52,55-56H,3,33-36,38H2,1-2,4-27H3/t39-,40+,42+,43+,44+,47+,51-,52+,55+,56+,62+/m0/s1. The van der Waals surface area contributed by atoms with Gasteiger partial charge in [-0.25, -0.2) is 4.79 Å². The van der Waals surface area contributed by atoms with E-state index in [4.69, 9.17) is 27.5 Å². The quantitative estimate of drug-likeness (QED) is 0.0781. The molecule has 0 amide bonds.